The molecular weight excluding hydrogens is 366 g/mol. The number of aliphatic hydroxyl groups excluding tert-OH is 2. The van der Waals surface area contributed by atoms with Crippen LogP contribution in [-0.2, 0) is 16.1 Å². The van der Waals surface area contributed by atoms with Crippen LogP contribution >= 0.6 is 0 Å². The minimum atomic E-state index is -2.03. The maximum Gasteiger partial charge on any atom is 0.337 e. The second-order valence-electron chi connectivity index (χ2n) is 5.97. The van der Waals surface area contributed by atoms with Crippen molar-refractivity contribution in [2.24, 2.45) is 5.73 Å². The van der Waals surface area contributed by atoms with Crippen LogP contribution in [0.1, 0.15) is 44.8 Å². The van der Waals surface area contributed by atoms with Gasteiger partial charge < -0.3 is 26.2 Å². The number of allylic oxidation sites excluding steroid dienone is 1. The topological polar surface area (TPSA) is 158 Å². The Morgan fingerprint density at radius 2 is 1.57 bits per heavy atom. The first-order valence-corrected chi connectivity index (χ1v) is 8.21. The number of carboxylic acid groups (broad SMARTS) is 2. The van der Waals surface area contributed by atoms with Gasteiger partial charge in [-0.15, -0.1) is 0 Å². The van der Waals surface area contributed by atoms with E-state index < -0.39 is 24.1 Å². The van der Waals surface area contributed by atoms with E-state index in [1.165, 1.54) is 30.4 Å². The van der Waals surface area contributed by atoms with Crippen molar-refractivity contribution in [3.05, 3.63) is 76.4 Å². The molecule has 0 bridgehead atoms. The van der Waals surface area contributed by atoms with Crippen molar-refractivity contribution < 1.29 is 34.8 Å². The van der Waals surface area contributed by atoms with Crippen molar-refractivity contribution in [3.8, 4) is 0 Å². The minimum Gasteiger partial charge on any atom is -0.479 e. The summed E-state index contributed by atoms with van der Waals surface area (Å²) in [5, 5.41) is 37.5. The lowest BCUT2D eigenvalue weighted by molar-refractivity contribution is -0.149. The molecule has 0 aromatic heterocycles. The van der Waals surface area contributed by atoms with Gasteiger partial charge in [0.05, 0.1) is 0 Å². The molecule has 0 heterocycles. The summed E-state index contributed by atoms with van der Waals surface area (Å²) < 4.78 is 0. The molecule has 28 heavy (non-hydrogen) atoms. The molecular formula is C20H19NO7. The first-order chi connectivity index (χ1) is 13.2. The van der Waals surface area contributed by atoms with Gasteiger partial charge in [0.1, 0.15) is 0 Å². The van der Waals surface area contributed by atoms with E-state index in [2.05, 4.69) is 0 Å². The van der Waals surface area contributed by atoms with Crippen LogP contribution in [0.15, 0.2) is 48.5 Å². The first kappa shape index (κ1) is 21.0. The van der Waals surface area contributed by atoms with Crippen molar-refractivity contribution >= 4 is 23.8 Å². The summed E-state index contributed by atoms with van der Waals surface area (Å²) >= 11 is 0. The number of rotatable bonds is 8. The monoisotopic (exact) mass is 385 g/mol. The SMILES string of the molecule is NCc1cccc(C(=O)/C=C/c2ccc(C(O)C(=O)O)c(C(O)C(=O)O)c2)c1. The largest absolute Gasteiger partial charge is 0.479 e. The number of carbonyl (C=O) groups excluding carboxylic acids is 1. The fourth-order valence-electron chi connectivity index (χ4n) is 2.57. The first-order valence-electron chi connectivity index (χ1n) is 8.21. The zero-order valence-corrected chi connectivity index (χ0v) is 14.6. The van der Waals surface area contributed by atoms with Gasteiger partial charge >= 0.3 is 11.9 Å². The smallest absolute Gasteiger partial charge is 0.337 e. The highest BCUT2D eigenvalue weighted by atomic mass is 16.4. The number of ketones is 1. The normalized spacial score (nSPS) is 13.2. The molecule has 8 heteroatoms. The molecule has 0 saturated carbocycles. The van der Waals surface area contributed by atoms with Crippen molar-refractivity contribution in [1.82, 2.24) is 0 Å². The van der Waals surface area contributed by atoms with Crippen LogP contribution in [0.5, 0.6) is 0 Å². The second kappa shape index (κ2) is 9.05. The molecule has 2 atom stereocenters. The average molecular weight is 385 g/mol. The number of benzene rings is 2. The molecule has 0 aliphatic rings. The third-order valence-electron chi connectivity index (χ3n) is 4.04. The summed E-state index contributed by atoms with van der Waals surface area (Å²) in [4.78, 5) is 34.4. The average Bonchev–Trinajstić information content (AvgIpc) is 2.70. The van der Waals surface area contributed by atoms with E-state index in [-0.39, 0.29) is 23.5 Å². The van der Waals surface area contributed by atoms with Crippen LogP contribution < -0.4 is 5.73 Å². The molecule has 0 aliphatic carbocycles. The highest BCUT2D eigenvalue weighted by molar-refractivity contribution is 6.06. The van der Waals surface area contributed by atoms with Crippen molar-refractivity contribution in [2.75, 3.05) is 0 Å². The number of carbonyl (C=O) groups is 3. The second-order valence-corrected chi connectivity index (χ2v) is 5.97. The van der Waals surface area contributed by atoms with Gasteiger partial charge in [-0.2, -0.15) is 0 Å². The quantitative estimate of drug-likeness (QED) is 0.336. The summed E-state index contributed by atoms with van der Waals surface area (Å²) in [7, 11) is 0. The maximum absolute atomic E-state index is 12.3. The molecule has 6 N–H and O–H groups in total. The van der Waals surface area contributed by atoms with Crippen LogP contribution in [0.2, 0.25) is 0 Å². The number of carboxylic acids is 2. The van der Waals surface area contributed by atoms with Gasteiger partial charge in [0.2, 0.25) is 0 Å². The zero-order chi connectivity index (χ0) is 20.8. The lowest BCUT2D eigenvalue weighted by atomic mass is 9.95. The van der Waals surface area contributed by atoms with Gasteiger partial charge in [-0.1, -0.05) is 36.4 Å². The molecule has 2 aromatic rings. The number of hydrogen-bond acceptors (Lipinski definition) is 6. The minimum absolute atomic E-state index is 0.249. The molecule has 0 saturated heterocycles. The number of aliphatic carboxylic acids is 2. The van der Waals surface area contributed by atoms with Gasteiger partial charge in [-0.05, 0) is 40.5 Å². The molecule has 8 nitrogen and oxygen atoms in total. The van der Waals surface area contributed by atoms with Crippen LogP contribution in [0, 0.1) is 0 Å². The Balaban J connectivity index is 2.36. The van der Waals surface area contributed by atoms with E-state index in [4.69, 9.17) is 15.9 Å². The molecule has 2 rings (SSSR count). The van der Waals surface area contributed by atoms with E-state index in [1.54, 1.807) is 24.3 Å². The van der Waals surface area contributed by atoms with Crippen LogP contribution in [0.3, 0.4) is 0 Å². The molecule has 0 aliphatic heterocycles. The molecule has 146 valence electrons. The summed E-state index contributed by atoms with van der Waals surface area (Å²) in [5.74, 6) is -3.50. The Kier molecular flexibility index (Phi) is 6.78. The van der Waals surface area contributed by atoms with Gasteiger partial charge in [-0.3, -0.25) is 4.79 Å². The van der Waals surface area contributed by atoms with Gasteiger partial charge in [0.15, 0.2) is 18.0 Å². The lowest BCUT2D eigenvalue weighted by Gasteiger charge is -2.15. The van der Waals surface area contributed by atoms with E-state index in [0.29, 0.717) is 11.1 Å². The third kappa shape index (κ3) is 4.89. The Hall–Kier alpha value is -3.33. The number of hydrogen-bond donors (Lipinski definition) is 5. The van der Waals surface area contributed by atoms with E-state index in [1.807, 2.05) is 0 Å². The summed E-state index contributed by atoms with van der Waals surface area (Å²) in [5.41, 5.74) is 6.58. The van der Waals surface area contributed by atoms with Crippen LogP contribution in [-0.4, -0.2) is 38.1 Å². The molecule has 0 radical (unpaired) electrons. The lowest BCUT2D eigenvalue weighted by Crippen LogP contribution is -2.18. The van der Waals surface area contributed by atoms with E-state index >= 15 is 0 Å². The fourth-order valence-corrected chi connectivity index (χ4v) is 2.57. The zero-order valence-electron chi connectivity index (χ0n) is 14.6. The third-order valence-corrected chi connectivity index (χ3v) is 4.04. The summed E-state index contributed by atoms with van der Waals surface area (Å²) in [6, 6.07) is 10.6. The standard InChI is InChI=1S/C20H19NO7/c21-10-12-2-1-3-13(8-12)16(22)7-5-11-4-6-14(17(23)19(25)26)15(9-11)18(24)20(27)28/h1-9,17-18,23-24H,10,21H2,(H,25,26)(H,27,28)/b7-5+. The Morgan fingerprint density at radius 3 is 2.18 bits per heavy atom. The van der Waals surface area contributed by atoms with Crippen LogP contribution in [0.25, 0.3) is 6.08 Å². The summed E-state index contributed by atoms with van der Waals surface area (Å²) in [6.07, 6.45) is -1.38. The molecule has 0 spiro atoms. The fraction of sp³-hybridized carbons (Fsp3) is 0.150. The van der Waals surface area contributed by atoms with Crippen molar-refractivity contribution in [2.45, 2.75) is 18.8 Å². The van der Waals surface area contributed by atoms with E-state index in [0.717, 1.165) is 5.56 Å². The number of aliphatic hydroxyl groups is 2. The predicted molar refractivity (Wildman–Crippen MR) is 99.3 cm³/mol. The van der Waals surface area contributed by atoms with Gasteiger partial charge in [0, 0.05) is 12.1 Å². The van der Waals surface area contributed by atoms with Crippen LogP contribution in [0.4, 0.5) is 0 Å². The van der Waals surface area contributed by atoms with Crippen molar-refractivity contribution in [1.29, 1.82) is 0 Å². The van der Waals surface area contributed by atoms with Crippen molar-refractivity contribution in [3.63, 3.8) is 0 Å². The Labute approximate surface area is 160 Å². The highest BCUT2D eigenvalue weighted by Gasteiger charge is 2.26. The molecule has 2 unspecified atom stereocenters. The Bertz CT molecular complexity index is 936. The molecule has 0 amide bonds. The molecule has 2 aromatic carbocycles. The number of nitrogens with two attached hydrogens (primary N) is 1. The van der Waals surface area contributed by atoms with Gasteiger partial charge in [-0.25, -0.2) is 9.59 Å². The predicted octanol–water partition coefficient (Wildman–Crippen LogP) is 1.28. The maximum atomic E-state index is 12.3. The highest BCUT2D eigenvalue weighted by Crippen LogP contribution is 2.26. The Morgan fingerprint density at radius 1 is 0.929 bits per heavy atom. The molecule has 0 fully saturated rings. The summed E-state index contributed by atoms with van der Waals surface area (Å²) in [6.45, 7) is 0.286. The van der Waals surface area contributed by atoms with Gasteiger partial charge in [0.25, 0.3) is 0 Å². The van der Waals surface area contributed by atoms with E-state index in [9.17, 15) is 24.6 Å².